The van der Waals surface area contributed by atoms with Gasteiger partial charge in [-0.1, -0.05) is 52.5 Å². The number of allylic oxidation sites excluding steroid dienone is 1. The number of carbonyl (C=O) groups excluding carboxylic acids is 2. The SMILES string of the molecule is CC.CCCC1COCN1C(=O)c1cnn(C2CCC2)c1C1=Cc2cc(OC)ccc2-c2c(C3CCCCC3)c3ccc(C(=O)NS(=O)C(C)C)cc3n2C1. The highest BCUT2D eigenvalue weighted by Crippen LogP contribution is 2.48. The lowest BCUT2D eigenvalue weighted by molar-refractivity contribution is 0.0654. The van der Waals surface area contributed by atoms with Crippen molar-refractivity contribution in [1.82, 2.24) is 24.0 Å². The number of ether oxygens (including phenoxy) is 2. The Morgan fingerprint density at radius 2 is 1.80 bits per heavy atom. The van der Waals surface area contributed by atoms with Crippen molar-refractivity contribution in [3.63, 3.8) is 0 Å². The number of carbonyl (C=O) groups is 2. The van der Waals surface area contributed by atoms with Crippen LogP contribution in [0.25, 0.3) is 33.8 Å². The molecule has 294 valence electrons. The molecule has 4 aliphatic rings. The summed E-state index contributed by atoms with van der Waals surface area (Å²) < 4.78 is 31.5. The van der Waals surface area contributed by atoms with Crippen LogP contribution in [0.2, 0.25) is 0 Å². The number of fused-ring (bicyclic) bond motifs is 5. The van der Waals surface area contributed by atoms with E-state index in [0.717, 1.165) is 89.7 Å². The highest BCUT2D eigenvalue weighted by atomic mass is 32.2. The van der Waals surface area contributed by atoms with Gasteiger partial charge in [0, 0.05) is 27.3 Å². The summed E-state index contributed by atoms with van der Waals surface area (Å²) in [5.41, 5.74) is 8.46. The third-order valence-corrected chi connectivity index (χ3v) is 13.0. The molecule has 2 aromatic carbocycles. The molecule has 11 heteroatoms. The van der Waals surface area contributed by atoms with Crippen molar-refractivity contribution in [1.29, 1.82) is 0 Å². The van der Waals surface area contributed by atoms with Crippen LogP contribution in [0.15, 0.2) is 42.6 Å². The normalized spacial score (nSPS) is 19.1. The van der Waals surface area contributed by atoms with Gasteiger partial charge in [-0.2, -0.15) is 5.10 Å². The Labute approximate surface area is 328 Å². The van der Waals surface area contributed by atoms with Gasteiger partial charge < -0.3 is 18.9 Å². The highest BCUT2D eigenvalue weighted by Gasteiger charge is 2.37. The molecule has 2 saturated carbocycles. The Kier molecular flexibility index (Phi) is 12.0. The van der Waals surface area contributed by atoms with Crippen molar-refractivity contribution in [2.75, 3.05) is 20.4 Å². The predicted molar refractivity (Wildman–Crippen MR) is 221 cm³/mol. The van der Waals surface area contributed by atoms with Crippen LogP contribution in [0.1, 0.15) is 148 Å². The number of hydrogen-bond acceptors (Lipinski definition) is 6. The first-order valence-electron chi connectivity index (χ1n) is 20.5. The molecule has 0 spiro atoms. The molecule has 0 bridgehead atoms. The molecule has 1 saturated heterocycles. The van der Waals surface area contributed by atoms with E-state index in [1.807, 2.05) is 50.8 Å². The predicted octanol–water partition coefficient (Wildman–Crippen LogP) is 9.27. The lowest BCUT2D eigenvalue weighted by Crippen LogP contribution is -2.37. The minimum Gasteiger partial charge on any atom is -0.497 e. The number of hydrogen-bond donors (Lipinski definition) is 1. The zero-order chi connectivity index (χ0) is 38.8. The number of rotatable bonds is 10. The monoisotopic (exact) mass is 767 g/mol. The lowest BCUT2D eigenvalue weighted by atomic mass is 9.81. The smallest absolute Gasteiger partial charge is 0.263 e. The number of aromatic nitrogens is 3. The first-order chi connectivity index (χ1) is 26.8. The Balaban J connectivity index is 0.00000229. The van der Waals surface area contributed by atoms with Crippen LogP contribution in [-0.4, -0.2) is 67.0 Å². The fraction of sp³-hybridized carbons (Fsp3) is 0.523. The van der Waals surface area contributed by atoms with Crippen LogP contribution in [0, 0.1) is 0 Å². The fourth-order valence-corrected chi connectivity index (χ4v) is 9.31. The summed E-state index contributed by atoms with van der Waals surface area (Å²) in [6, 6.07) is 12.5. The molecular weight excluding hydrogens is 711 g/mol. The van der Waals surface area contributed by atoms with Gasteiger partial charge in [0.25, 0.3) is 11.8 Å². The van der Waals surface area contributed by atoms with Crippen LogP contribution in [0.4, 0.5) is 0 Å². The zero-order valence-electron chi connectivity index (χ0n) is 33.4. The van der Waals surface area contributed by atoms with Gasteiger partial charge in [-0.3, -0.25) is 19.0 Å². The number of benzene rings is 2. The minimum absolute atomic E-state index is 0.0353. The molecular formula is C44H57N5O5S. The first kappa shape index (κ1) is 39.0. The van der Waals surface area contributed by atoms with Crippen molar-refractivity contribution in [3.05, 3.63) is 70.5 Å². The summed E-state index contributed by atoms with van der Waals surface area (Å²) in [6.45, 7) is 11.1. The fourth-order valence-electron chi connectivity index (χ4n) is 8.78. The summed E-state index contributed by atoms with van der Waals surface area (Å²) in [7, 11) is 0.198. The van der Waals surface area contributed by atoms with Crippen molar-refractivity contribution < 1.29 is 23.3 Å². The van der Waals surface area contributed by atoms with Gasteiger partial charge in [-0.25, -0.2) is 4.21 Å². The van der Waals surface area contributed by atoms with E-state index in [4.69, 9.17) is 14.6 Å². The summed E-state index contributed by atoms with van der Waals surface area (Å²) >= 11 is 0. The molecule has 4 aromatic rings. The number of nitrogens with zero attached hydrogens (tertiary/aromatic N) is 4. The molecule has 1 N–H and O–H groups in total. The molecule has 2 unspecified atom stereocenters. The maximum Gasteiger partial charge on any atom is 0.263 e. The lowest BCUT2D eigenvalue weighted by Gasteiger charge is -2.29. The zero-order valence-corrected chi connectivity index (χ0v) is 34.2. The van der Waals surface area contributed by atoms with Gasteiger partial charge >= 0.3 is 0 Å². The molecule has 55 heavy (non-hydrogen) atoms. The van der Waals surface area contributed by atoms with Gasteiger partial charge in [-0.15, -0.1) is 0 Å². The molecule has 4 heterocycles. The first-order valence-corrected chi connectivity index (χ1v) is 21.7. The molecule has 2 aliphatic carbocycles. The van der Waals surface area contributed by atoms with Gasteiger partial charge in [0.1, 0.15) is 23.5 Å². The van der Waals surface area contributed by atoms with E-state index < -0.39 is 11.0 Å². The van der Waals surface area contributed by atoms with Crippen molar-refractivity contribution in [2.24, 2.45) is 0 Å². The van der Waals surface area contributed by atoms with Gasteiger partial charge in [0.05, 0.1) is 55.5 Å². The Hall–Kier alpha value is -4.22. The largest absolute Gasteiger partial charge is 0.497 e. The molecule has 10 nitrogen and oxygen atoms in total. The summed E-state index contributed by atoms with van der Waals surface area (Å²) in [5.74, 6) is 0.736. The number of nitrogens with one attached hydrogen (secondary N) is 1. The highest BCUT2D eigenvalue weighted by molar-refractivity contribution is 7.84. The summed E-state index contributed by atoms with van der Waals surface area (Å²) in [5, 5.41) is 5.88. The third kappa shape index (κ3) is 7.42. The second kappa shape index (κ2) is 16.9. The minimum atomic E-state index is -1.50. The Morgan fingerprint density at radius 3 is 2.49 bits per heavy atom. The molecule has 2 amide bonds. The van der Waals surface area contributed by atoms with E-state index in [0.29, 0.717) is 30.2 Å². The standard InChI is InChI=1S/C42H51N5O5S.C2H6/c1-5-10-32-24-52-25-46(32)42(49)36-22-43-47(31-13-9-14-31)39(36)30-19-29-20-33(51-4)16-18-34(29)40-38(27-11-7-6-8-12-27)35-17-15-28(21-37(35)45(40)23-30)41(48)44-53(50)26(2)3;1-2/h15-22,26-27,31-32H,5-14,23-25H2,1-4H3,(H,44,48);1-2H3. The second-order valence-electron chi connectivity index (χ2n) is 15.5. The third-order valence-electron chi connectivity index (χ3n) is 11.8. The maximum absolute atomic E-state index is 14.6. The molecule has 0 radical (unpaired) electrons. The molecule has 2 aromatic heterocycles. The molecule has 8 rings (SSSR count). The molecule has 3 fully saturated rings. The number of amides is 2. The Bertz CT molecular complexity index is 2100. The van der Waals surface area contributed by atoms with E-state index in [-0.39, 0.29) is 35.9 Å². The summed E-state index contributed by atoms with van der Waals surface area (Å²) in [6.07, 6.45) is 14.9. The maximum atomic E-state index is 14.6. The van der Waals surface area contributed by atoms with Gasteiger partial charge in [-0.05, 0) is 111 Å². The van der Waals surface area contributed by atoms with Gasteiger partial charge in [0.15, 0.2) is 0 Å². The van der Waals surface area contributed by atoms with Crippen LogP contribution in [0.5, 0.6) is 5.75 Å². The van der Waals surface area contributed by atoms with E-state index in [2.05, 4.69) is 45.2 Å². The van der Waals surface area contributed by atoms with E-state index in [9.17, 15) is 13.8 Å². The van der Waals surface area contributed by atoms with Crippen molar-refractivity contribution >= 4 is 45.4 Å². The quantitative estimate of drug-likeness (QED) is 0.172. The van der Waals surface area contributed by atoms with Crippen LogP contribution < -0.4 is 9.46 Å². The average Bonchev–Trinajstić information content (AvgIpc) is 3.88. The topological polar surface area (TPSA) is 108 Å². The van der Waals surface area contributed by atoms with Crippen LogP contribution in [0.3, 0.4) is 0 Å². The van der Waals surface area contributed by atoms with E-state index in [1.54, 1.807) is 13.3 Å². The number of methoxy groups -OCH3 is 1. The van der Waals surface area contributed by atoms with Crippen LogP contribution >= 0.6 is 0 Å². The molecule has 2 atom stereocenters. The van der Waals surface area contributed by atoms with E-state index >= 15 is 0 Å². The summed E-state index contributed by atoms with van der Waals surface area (Å²) in [4.78, 5) is 30.0. The second-order valence-corrected chi connectivity index (χ2v) is 17.2. The average molecular weight is 768 g/mol. The van der Waals surface area contributed by atoms with Gasteiger partial charge in [0.2, 0.25) is 0 Å². The molecule has 2 aliphatic heterocycles. The van der Waals surface area contributed by atoms with Crippen molar-refractivity contribution in [3.8, 4) is 17.0 Å². The Morgan fingerprint density at radius 1 is 1.02 bits per heavy atom. The van der Waals surface area contributed by atoms with Crippen LogP contribution in [-0.2, 0) is 22.3 Å². The van der Waals surface area contributed by atoms with Crippen molar-refractivity contribution in [2.45, 2.75) is 129 Å². The van der Waals surface area contributed by atoms with E-state index in [1.165, 1.54) is 24.8 Å².